The molecule has 2 heterocycles. The Labute approximate surface area is 93.7 Å². The van der Waals surface area contributed by atoms with E-state index in [4.69, 9.17) is 4.52 Å². The fourth-order valence-corrected chi connectivity index (χ4v) is 1.97. The Morgan fingerprint density at radius 2 is 2.12 bits per heavy atom. The Hall–Kier alpha value is -1.68. The van der Waals surface area contributed by atoms with Crippen molar-refractivity contribution in [1.29, 1.82) is 0 Å². The minimum absolute atomic E-state index is 0.404. The van der Waals surface area contributed by atoms with Crippen molar-refractivity contribution in [2.45, 2.75) is 12.3 Å². The van der Waals surface area contributed by atoms with Gasteiger partial charge in [0.2, 0.25) is 0 Å². The third-order valence-corrected chi connectivity index (χ3v) is 2.89. The fourth-order valence-electron chi connectivity index (χ4n) is 1.97. The molecule has 0 aliphatic carbocycles. The van der Waals surface area contributed by atoms with Crippen LogP contribution in [-0.4, -0.2) is 23.2 Å². The van der Waals surface area contributed by atoms with E-state index in [1.54, 1.807) is 0 Å². The van der Waals surface area contributed by atoms with Gasteiger partial charge in [-0.3, -0.25) is 0 Å². The van der Waals surface area contributed by atoms with Gasteiger partial charge in [0.25, 0.3) is 5.89 Å². The molecule has 1 aromatic carbocycles. The van der Waals surface area contributed by atoms with Crippen LogP contribution in [0, 0.1) is 0 Å². The molecule has 1 aromatic heterocycles. The van der Waals surface area contributed by atoms with Gasteiger partial charge in [-0.2, -0.15) is 4.98 Å². The highest BCUT2D eigenvalue weighted by Gasteiger charge is 2.22. The van der Waals surface area contributed by atoms with Gasteiger partial charge in [0.15, 0.2) is 5.82 Å². The summed E-state index contributed by atoms with van der Waals surface area (Å²) in [5.74, 6) is 1.84. The molecule has 1 saturated heterocycles. The Morgan fingerprint density at radius 3 is 2.88 bits per heavy atom. The standard InChI is InChI=1S/C12H13N3O/c1-2-4-9(5-3-1)12-14-11(15-16-12)10-6-7-13-8-10/h1-5,10,13H,6-8H2/t10-/m1/s1. The number of hydrogen-bond acceptors (Lipinski definition) is 4. The first kappa shape index (κ1) is 9.54. The van der Waals surface area contributed by atoms with Gasteiger partial charge in [-0.05, 0) is 25.1 Å². The topological polar surface area (TPSA) is 51.0 Å². The lowest BCUT2D eigenvalue weighted by Gasteiger charge is -1.98. The molecule has 4 heteroatoms. The summed E-state index contributed by atoms with van der Waals surface area (Å²) >= 11 is 0. The Balaban J connectivity index is 1.87. The quantitative estimate of drug-likeness (QED) is 0.830. The molecule has 0 unspecified atom stereocenters. The van der Waals surface area contributed by atoms with Crippen LogP contribution < -0.4 is 5.32 Å². The second-order valence-corrected chi connectivity index (χ2v) is 4.01. The van der Waals surface area contributed by atoms with Crippen molar-refractivity contribution in [2.24, 2.45) is 0 Å². The van der Waals surface area contributed by atoms with Crippen LogP contribution in [0.4, 0.5) is 0 Å². The fraction of sp³-hybridized carbons (Fsp3) is 0.333. The second-order valence-electron chi connectivity index (χ2n) is 4.01. The summed E-state index contributed by atoms with van der Waals surface area (Å²) in [6.07, 6.45) is 1.09. The molecule has 0 amide bonds. The van der Waals surface area contributed by atoms with Crippen LogP contribution in [0.15, 0.2) is 34.9 Å². The predicted molar refractivity (Wildman–Crippen MR) is 60.0 cm³/mol. The molecule has 1 atom stereocenters. The summed E-state index contributed by atoms with van der Waals surface area (Å²) in [5.41, 5.74) is 0.979. The number of benzene rings is 1. The molecule has 3 rings (SSSR count). The number of hydrogen-bond donors (Lipinski definition) is 1. The van der Waals surface area contributed by atoms with E-state index in [9.17, 15) is 0 Å². The van der Waals surface area contributed by atoms with Gasteiger partial charge < -0.3 is 9.84 Å². The first-order chi connectivity index (χ1) is 7.93. The Bertz CT molecular complexity index is 460. The van der Waals surface area contributed by atoms with Crippen molar-refractivity contribution in [3.05, 3.63) is 36.2 Å². The zero-order chi connectivity index (χ0) is 10.8. The monoisotopic (exact) mass is 215 g/mol. The SMILES string of the molecule is c1ccc(-c2nc([C@@H]3CCNC3)no2)cc1. The number of aromatic nitrogens is 2. The van der Waals surface area contributed by atoms with Crippen LogP contribution in [-0.2, 0) is 0 Å². The zero-order valence-corrected chi connectivity index (χ0v) is 8.89. The molecule has 0 saturated carbocycles. The molecular weight excluding hydrogens is 202 g/mol. The van der Waals surface area contributed by atoms with E-state index in [0.29, 0.717) is 11.8 Å². The van der Waals surface area contributed by atoms with Gasteiger partial charge in [-0.25, -0.2) is 0 Å². The van der Waals surface area contributed by atoms with Crippen LogP contribution in [0.25, 0.3) is 11.5 Å². The predicted octanol–water partition coefficient (Wildman–Crippen LogP) is 1.81. The maximum absolute atomic E-state index is 5.27. The molecule has 0 bridgehead atoms. The van der Waals surface area contributed by atoms with Gasteiger partial charge in [0, 0.05) is 18.0 Å². The number of nitrogens with zero attached hydrogens (tertiary/aromatic N) is 2. The largest absolute Gasteiger partial charge is 0.334 e. The lowest BCUT2D eigenvalue weighted by molar-refractivity contribution is 0.417. The third-order valence-electron chi connectivity index (χ3n) is 2.89. The maximum Gasteiger partial charge on any atom is 0.257 e. The normalized spacial score (nSPS) is 20.1. The average molecular weight is 215 g/mol. The molecule has 1 N–H and O–H groups in total. The van der Waals surface area contributed by atoms with Crippen molar-refractivity contribution in [1.82, 2.24) is 15.5 Å². The van der Waals surface area contributed by atoms with E-state index in [1.807, 2.05) is 30.3 Å². The van der Waals surface area contributed by atoms with E-state index in [0.717, 1.165) is 30.9 Å². The zero-order valence-electron chi connectivity index (χ0n) is 8.89. The Kier molecular flexibility index (Phi) is 2.42. The second kappa shape index (κ2) is 4.06. The van der Waals surface area contributed by atoms with Crippen molar-refractivity contribution in [3.8, 4) is 11.5 Å². The molecule has 0 radical (unpaired) electrons. The molecule has 82 valence electrons. The molecular formula is C12H13N3O. The lowest BCUT2D eigenvalue weighted by atomic mass is 10.1. The molecule has 0 spiro atoms. The van der Waals surface area contributed by atoms with Crippen molar-refractivity contribution in [2.75, 3.05) is 13.1 Å². The van der Waals surface area contributed by atoms with Crippen molar-refractivity contribution in [3.63, 3.8) is 0 Å². The van der Waals surface area contributed by atoms with E-state index < -0.39 is 0 Å². The van der Waals surface area contributed by atoms with Gasteiger partial charge >= 0.3 is 0 Å². The molecule has 1 aliphatic heterocycles. The summed E-state index contributed by atoms with van der Waals surface area (Å²) < 4.78 is 5.27. The highest BCUT2D eigenvalue weighted by molar-refractivity contribution is 5.52. The highest BCUT2D eigenvalue weighted by Crippen LogP contribution is 2.23. The van der Waals surface area contributed by atoms with Gasteiger partial charge in [-0.15, -0.1) is 0 Å². The molecule has 16 heavy (non-hydrogen) atoms. The summed E-state index contributed by atoms with van der Waals surface area (Å²) in [6, 6.07) is 9.86. The van der Waals surface area contributed by atoms with Crippen LogP contribution in [0.3, 0.4) is 0 Å². The smallest absolute Gasteiger partial charge is 0.257 e. The molecule has 2 aromatic rings. The molecule has 1 aliphatic rings. The van der Waals surface area contributed by atoms with Crippen LogP contribution in [0.1, 0.15) is 18.2 Å². The Morgan fingerprint density at radius 1 is 1.25 bits per heavy atom. The first-order valence-electron chi connectivity index (χ1n) is 5.53. The van der Waals surface area contributed by atoms with Crippen molar-refractivity contribution >= 4 is 0 Å². The van der Waals surface area contributed by atoms with Gasteiger partial charge in [0.1, 0.15) is 0 Å². The van der Waals surface area contributed by atoms with E-state index in [2.05, 4.69) is 15.5 Å². The van der Waals surface area contributed by atoms with Gasteiger partial charge in [0.05, 0.1) is 0 Å². The molecule has 4 nitrogen and oxygen atoms in total. The van der Waals surface area contributed by atoms with Crippen LogP contribution >= 0.6 is 0 Å². The van der Waals surface area contributed by atoms with Crippen LogP contribution in [0.2, 0.25) is 0 Å². The van der Waals surface area contributed by atoms with Crippen LogP contribution in [0.5, 0.6) is 0 Å². The minimum atomic E-state index is 0.404. The maximum atomic E-state index is 5.27. The van der Waals surface area contributed by atoms with E-state index in [-0.39, 0.29) is 0 Å². The third kappa shape index (κ3) is 1.72. The number of rotatable bonds is 2. The summed E-state index contributed by atoms with van der Waals surface area (Å²) in [5, 5.41) is 7.35. The summed E-state index contributed by atoms with van der Waals surface area (Å²) in [4.78, 5) is 4.44. The number of nitrogens with one attached hydrogen (secondary N) is 1. The lowest BCUT2D eigenvalue weighted by Crippen LogP contribution is -2.08. The molecule has 1 fully saturated rings. The van der Waals surface area contributed by atoms with Gasteiger partial charge in [-0.1, -0.05) is 23.4 Å². The summed E-state index contributed by atoms with van der Waals surface area (Å²) in [7, 11) is 0. The summed E-state index contributed by atoms with van der Waals surface area (Å²) in [6.45, 7) is 1.99. The minimum Gasteiger partial charge on any atom is -0.334 e. The average Bonchev–Trinajstić information content (AvgIpc) is 3.01. The highest BCUT2D eigenvalue weighted by atomic mass is 16.5. The van der Waals surface area contributed by atoms with E-state index >= 15 is 0 Å². The van der Waals surface area contributed by atoms with Crippen molar-refractivity contribution < 1.29 is 4.52 Å². The van der Waals surface area contributed by atoms with E-state index in [1.165, 1.54) is 0 Å². The first-order valence-corrected chi connectivity index (χ1v) is 5.53.